The first-order valence-electron chi connectivity index (χ1n) is 7.98. The second-order valence-electron chi connectivity index (χ2n) is 5.50. The largest absolute Gasteiger partial charge is 0.396 e. The Balaban J connectivity index is 1.96. The summed E-state index contributed by atoms with van der Waals surface area (Å²) in [6.45, 7) is 0.252. The highest BCUT2D eigenvalue weighted by Gasteiger charge is 2.15. The minimum absolute atomic E-state index is 0.252. The zero-order valence-electron chi connectivity index (χ0n) is 13.1. The maximum absolute atomic E-state index is 8.97. The smallest absolute Gasteiger partial charge is 0.0434 e. The van der Waals surface area contributed by atoms with Crippen LogP contribution in [0.25, 0.3) is 0 Å². The standard InChI is InChI=1S/C21H21OP/c22-17-7-8-18-13-15-21(16-14-18)23(19-9-3-1-4-10-19)20-11-5-2-6-12-20/h1-6,9-16,22H,7-8,17H2. The summed E-state index contributed by atoms with van der Waals surface area (Å²) in [5.41, 5.74) is 1.29. The van der Waals surface area contributed by atoms with Crippen molar-refractivity contribution in [1.82, 2.24) is 0 Å². The van der Waals surface area contributed by atoms with E-state index in [4.69, 9.17) is 5.11 Å². The van der Waals surface area contributed by atoms with Crippen molar-refractivity contribution in [1.29, 1.82) is 0 Å². The van der Waals surface area contributed by atoms with E-state index in [1.165, 1.54) is 21.5 Å². The van der Waals surface area contributed by atoms with Crippen LogP contribution in [-0.2, 0) is 6.42 Å². The highest BCUT2D eigenvalue weighted by molar-refractivity contribution is 7.79. The molecule has 116 valence electrons. The van der Waals surface area contributed by atoms with Gasteiger partial charge in [-0.3, -0.25) is 0 Å². The Morgan fingerprint density at radius 2 is 1.09 bits per heavy atom. The van der Waals surface area contributed by atoms with Crippen LogP contribution in [0.15, 0.2) is 84.9 Å². The number of rotatable bonds is 6. The van der Waals surface area contributed by atoms with E-state index in [1.54, 1.807) is 0 Å². The van der Waals surface area contributed by atoms with Crippen molar-refractivity contribution in [3.63, 3.8) is 0 Å². The maximum Gasteiger partial charge on any atom is 0.0434 e. The molecule has 1 N–H and O–H groups in total. The molecule has 0 bridgehead atoms. The molecule has 0 fully saturated rings. The summed E-state index contributed by atoms with van der Waals surface area (Å²) in [5.74, 6) is 0. The molecule has 23 heavy (non-hydrogen) atoms. The number of benzene rings is 3. The van der Waals surface area contributed by atoms with Crippen LogP contribution in [0.3, 0.4) is 0 Å². The third-order valence-corrected chi connectivity index (χ3v) is 6.29. The molecule has 0 aliphatic heterocycles. The summed E-state index contributed by atoms with van der Waals surface area (Å²) in [6.07, 6.45) is 1.76. The molecule has 2 heteroatoms. The molecule has 0 aromatic heterocycles. The predicted octanol–water partition coefficient (Wildman–Crippen LogP) is 3.37. The number of hydrogen-bond acceptors (Lipinski definition) is 1. The van der Waals surface area contributed by atoms with Gasteiger partial charge in [-0.1, -0.05) is 84.9 Å². The second kappa shape index (κ2) is 8.06. The molecule has 0 saturated heterocycles. The topological polar surface area (TPSA) is 20.2 Å². The van der Waals surface area contributed by atoms with Crippen LogP contribution in [0.1, 0.15) is 12.0 Å². The quantitative estimate of drug-likeness (QED) is 0.691. The number of hydrogen-bond donors (Lipinski definition) is 1. The number of aryl methyl sites for hydroxylation is 1. The van der Waals surface area contributed by atoms with Crippen LogP contribution in [0, 0.1) is 0 Å². The van der Waals surface area contributed by atoms with E-state index >= 15 is 0 Å². The summed E-state index contributed by atoms with van der Waals surface area (Å²) in [7, 11) is -0.521. The molecule has 0 heterocycles. The highest BCUT2D eigenvalue weighted by atomic mass is 31.1. The van der Waals surface area contributed by atoms with Crippen molar-refractivity contribution in [2.75, 3.05) is 6.61 Å². The Bertz CT molecular complexity index is 668. The predicted molar refractivity (Wildman–Crippen MR) is 101 cm³/mol. The zero-order chi connectivity index (χ0) is 15.9. The van der Waals surface area contributed by atoms with Crippen LogP contribution in [-0.4, -0.2) is 11.7 Å². The van der Waals surface area contributed by atoms with Gasteiger partial charge in [0, 0.05) is 6.61 Å². The lowest BCUT2D eigenvalue weighted by Crippen LogP contribution is -2.20. The van der Waals surface area contributed by atoms with Crippen molar-refractivity contribution in [3.8, 4) is 0 Å². The van der Waals surface area contributed by atoms with Crippen LogP contribution in [0.2, 0.25) is 0 Å². The highest BCUT2D eigenvalue weighted by Crippen LogP contribution is 2.32. The van der Waals surface area contributed by atoms with Gasteiger partial charge in [0.2, 0.25) is 0 Å². The van der Waals surface area contributed by atoms with E-state index in [2.05, 4.69) is 84.9 Å². The van der Waals surface area contributed by atoms with Gasteiger partial charge in [-0.15, -0.1) is 0 Å². The Kier molecular flexibility index (Phi) is 5.58. The normalized spacial score (nSPS) is 10.9. The summed E-state index contributed by atoms with van der Waals surface area (Å²) in [4.78, 5) is 0. The molecule has 3 rings (SSSR count). The molecule has 0 saturated carbocycles. The summed E-state index contributed by atoms with van der Waals surface area (Å²) in [5, 5.41) is 13.1. The molecule has 0 amide bonds. The lowest BCUT2D eigenvalue weighted by Gasteiger charge is -2.19. The van der Waals surface area contributed by atoms with Gasteiger partial charge in [0.1, 0.15) is 0 Å². The molecule has 0 unspecified atom stereocenters. The fourth-order valence-electron chi connectivity index (χ4n) is 2.70. The van der Waals surface area contributed by atoms with Gasteiger partial charge >= 0.3 is 0 Å². The maximum atomic E-state index is 8.97. The molecule has 3 aromatic rings. The van der Waals surface area contributed by atoms with Crippen molar-refractivity contribution in [3.05, 3.63) is 90.5 Å². The lowest BCUT2D eigenvalue weighted by molar-refractivity contribution is 0.288. The molecular weight excluding hydrogens is 299 g/mol. The van der Waals surface area contributed by atoms with Gasteiger partial charge < -0.3 is 5.11 Å². The Hall–Kier alpha value is -1.95. The first-order chi connectivity index (χ1) is 11.4. The molecule has 3 aromatic carbocycles. The van der Waals surface area contributed by atoms with E-state index in [0.717, 1.165) is 12.8 Å². The van der Waals surface area contributed by atoms with Gasteiger partial charge in [-0.2, -0.15) is 0 Å². The SMILES string of the molecule is OCCCc1ccc(P(c2ccccc2)c2ccccc2)cc1. The van der Waals surface area contributed by atoms with E-state index in [1.807, 2.05) is 0 Å². The Labute approximate surface area is 139 Å². The van der Waals surface area contributed by atoms with Gasteiger partial charge in [0.25, 0.3) is 0 Å². The lowest BCUT2D eigenvalue weighted by atomic mass is 10.1. The second-order valence-corrected chi connectivity index (χ2v) is 7.72. The summed E-state index contributed by atoms with van der Waals surface area (Å²) >= 11 is 0. The molecular formula is C21H21OP. The molecule has 0 atom stereocenters. The average molecular weight is 320 g/mol. The third-order valence-electron chi connectivity index (χ3n) is 3.85. The molecule has 0 radical (unpaired) electrons. The fraction of sp³-hybridized carbons (Fsp3) is 0.143. The first kappa shape index (κ1) is 15.9. The van der Waals surface area contributed by atoms with Crippen LogP contribution < -0.4 is 15.9 Å². The van der Waals surface area contributed by atoms with Gasteiger partial charge in [-0.05, 0) is 42.2 Å². The average Bonchev–Trinajstić information content (AvgIpc) is 2.63. The summed E-state index contributed by atoms with van der Waals surface area (Å²) < 4.78 is 0. The monoisotopic (exact) mass is 320 g/mol. The molecule has 0 aliphatic rings. The molecule has 0 aliphatic carbocycles. The zero-order valence-corrected chi connectivity index (χ0v) is 14.0. The third kappa shape index (κ3) is 4.07. The minimum atomic E-state index is -0.521. The van der Waals surface area contributed by atoms with Gasteiger partial charge in [-0.25, -0.2) is 0 Å². The Morgan fingerprint density at radius 1 is 0.609 bits per heavy atom. The summed E-state index contributed by atoms with van der Waals surface area (Å²) in [6, 6.07) is 30.4. The van der Waals surface area contributed by atoms with Crippen molar-refractivity contribution in [2.24, 2.45) is 0 Å². The van der Waals surface area contributed by atoms with Crippen molar-refractivity contribution in [2.45, 2.75) is 12.8 Å². The van der Waals surface area contributed by atoms with Crippen LogP contribution in [0.4, 0.5) is 0 Å². The van der Waals surface area contributed by atoms with Crippen molar-refractivity contribution < 1.29 is 5.11 Å². The number of aliphatic hydroxyl groups is 1. The van der Waals surface area contributed by atoms with E-state index in [-0.39, 0.29) is 6.61 Å². The van der Waals surface area contributed by atoms with E-state index < -0.39 is 7.92 Å². The first-order valence-corrected chi connectivity index (χ1v) is 9.32. The van der Waals surface area contributed by atoms with Crippen LogP contribution in [0.5, 0.6) is 0 Å². The Morgan fingerprint density at radius 3 is 1.57 bits per heavy atom. The molecule has 0 spiro atoms. The van der Waals surface area contributed by atoms with Crippen LogP contribution >= 0.6 is 7.92 Å². The van der Waals surface area contributed by atoms with Crippen molar-refractivity contribution >= 4 is 23.8 Å². The van der Waals surface area contributed by atoms with E-state index in [9.17, 15) is 0 Å². The van der Waals surface area contributed by atoms with Gasteiger partial charge in [0.15, 0.2) is 0 Å². The van der Waals surface area contributed by atoms with E-state index in [0.29, 0.717) is 0 Å². The van der Waals surface area contributed by atoms with Gasteiger partial charge in [0.05, 0.1) is 0 Å². The molecule has 1 nitrogen and oxygen atoms in total. The minimum Gasteiger partial charge on any atom is -0.396 e. The number of aliphatic hydroxyl groups excluding tert-OH is 1. The fourth-order valence-corrected chi connectivity index (χ4v) is 4.98.